The number of fused-ring (bicyclic) bond motifs is 2. The highest BCUT2D eigenvalue weighted by Crippen LogP contribution is 2.32. The largest absolute Gasteiger partial charge is 0.490 e. The monoisotopic (exact) mass is 372 g/mol. The molecule has 1 amide bonds. The Kier molecular flexibility index (Phi) is 4.27. The zero-order valence-corrected chi connectivity index (χ0v) is 16.1. The van der Waals surface area contributed by atoms with E-state index in [0.717, 1.165) is 37.1 Å². The number of aromatic nitrogens is 1. The normalized spacial score (nSPS) is 21.8. The van der Waals surface area contributed by atoms with E-state index >= 15 is 0 Å². The zero-order valence-electron chi connectivity index (χ0n) is 16.1. The summed E-state index contributed by atoms with van der Waals surface area (Å²) in [6.45, 7) is 2.97. The van der Waals surface area contributed by atoms with Crippen molar-refractivity contribution in [1.82, 2.24) is 9.88 Å². The SMILES string of the molecule is Cc1cc2cccnc2cc1-c1ccc(O[C@@H]2CCN3C(=O)CC[C@H]3C2)cc1. The van der Waals surface area contributed by atoms with E-state index in [1.165, 1.54) is 22.1 Å². The Labute approximate surface area is 165 Å². The predicted octanol–water partition coefficient (Wildman–Crippen LogP) is 4.74. The van der Waals surface area contributed by atoms with Crippen LogP contribution in [0.15, 0.2) is 54.7 Å². The number of aryl methyl sites for hydroxylation is 1. The van der Waals surface area contributed by atoms with Crippen LogP contribution in [0.2, 0.25) is 0 Å². The smallest absolute Gasteiger partial charge is 0.222 e. The Bertz CT molecular complexity index is 1030. The third kappa shape index (κ3) is 3.13. The summed E-state index contributed by atoms with van der Waals surface area (Å²) >= 11 is 0. The molecule has 0 saturated carbocycles. The summed E-state index contributed by atoms with van der Waals surface area (Å²) in [5.41, 5.74) is 4.64. The van der Waals surface area contributed by atoms with E-state index in [4.69, 9.17) is 4.74 Å². The lowest BCUT2D eigenvalue weighted by molar-refractivity contribution is -0.130. The summed E-state index contributed by atoms with van der Waals surface area (Å²) in [5.74, 6) is 1.22. The maximum Gasteiger partial charge on any atom is 0.222 e. The third-order valence-electron chi connectivity index (χ3n) is 6.10. The fourth-order valence-electron chi connectivity index (χ4n) is 4.61. The Morgan fingerprint density at radius 2 is 1.96 bits per heavy atom. The van der Waals surface area contributed by atoms with E-state index in [-0.39, 0.29) is 6.10 Å². The van der Waals surface area contributed by atoms with Gasteiger partial charge in [0.2, 0.25) is 5.91 Å². The van der Waals surface area contributed by atoms with E-state index < -0.39 is 0 Å². The molecule has 0 unspecified atom stereocenters. The number of pyridine rings is 1. The van der Waals surface area contributed by atoms with Gasteiger partial charge in [0.25, 0.3) is 0 Å². The van der Waals surface area contributed by atoms with Crippen LogP contribution in [0, 0.1) is 6.92 Å². The molecule has 0 spiro atoms. The molecule has 0 N–H and O–H groups in total. The fraction of sp³-hybridized carbons (Fsp3) is 0.333. The number of hydrogen-bond donors (Lipinski definition) is 0. The molecule has 0 radical (unpaired) electrons. The van der Waals surface area contributed by atoms with Gasteiger partial charge in [-0.1, -0.05) is 18.2 Å². The second kappa shape index (κ2) is 6.93. The first-order chi connectivity index (χ1) is 13.7. The molecule has 3 aromatic rings. The van der Waals surface area contributed by atoms with Gasteiger partial charge in [0, 0.05) is 43.4 Å². The van der Waals surface area contributed by atoms with Gasteiger partial charge in [0.15, 0.2) is 0 Å². The minimum atomic E-state index is 0.199. The summed E-state index contributed by atoms with van der Waals surface area (Å²) in [5, 5.41) is 1.17. The number of nitrogens with zero attached hydrogens (tertiary/aromatic N) is 2. The van der Waals surface area contributed by atoms with Gasteiger partial charge in [-0.05, 0) is 60.4 Å². The van der Waals surface area contributed by atoms with E-state index in [9.17, 15) is 4.79 Å². The highest BCUT2D eigenvalue weighted by Gasteiger charge is 2.36. The van der Waals surface area contributed by atoms with Crippen molar-refractivity contribution < 1.29 is 9.53 Å². The molecule has 2 atom stereocenters. The van der Waals surface area contributed by atoms with Gasteiger partial charge in [-0.15, -0.1) is 0 Å². The first kappa shape index (κ1) is 17.2. The first-order valence-electron chi connectivity index (χ1n) is 10.1. The molecule has 0 aliphatic carbocycles. The van der Waals surface area contributed by atoms with Crippen LogP contribution in [-0.2, 0) is 4.79 Å². The van der Waals surface area contributed by atoms with Crippen LogP contribution in [0.25, 0.3) is 22.0 Å². The lowest BCUT2D eigenvalue weighted by atomic mass is 9.98. The maximum atomic E-state index is 11.8. The molecule has 2 fully saturated rings. The van der Waals surface area contributed by atoms with E-state index in [0.29, 0.717) is 18.4 Å². The average Bonchev–Trinajstić information content (AvgIpc) is 3.08. The van der Waals surface area contributed by atoms with Gasteiger partial charge in [-0.3, -0.25) is 9.78 Å². The minimum absolute atomic E-state index is 0.199. The van der Waals surface area contributed by atoms with Gasteiger partial charge >= 0.3 is 0 Å². The van der Waals surface area contributed by atoms with Crippen LogP contribution in [0.3, 0.4) is 0 Å². The predicted molar refractivity (Wildman–Crippen MR) is 110 cm³/mol. The van der Waals surface area contributed by atoms with Crippen LogP contribution in [0.5, 0.6) is 5.75 Å². The summed E-state index contributed by atoms with van der Waals surface area (Å²) in [6, 6.07) is 17.2. The summed E-state index contributed by atoms with van der Waals surface area (Å²) in [4.78, 5) is 18.4. The van der Waals surface area contributed by atoms with E-state index in [1.54, 1.807) is 0 Å². The van der Waals surface area contributed by atoms with Gasteiger partial charge < -0.3 is 9.64 Å². The number of rotatable bonds is 3. The zero-order chi connectivity index (χ0) is 19.1. The Hall–Kier alpha value is -2.88. The van der Waals surface area contributed by atoms with Crippen molar-refractivity contribution >= 4 is 16.8 Å². The van der Waals surface area contributed by atoms with Crippen molar-refractivity contribution in [1.29, 1.82) is 0 Å². The molecule has 2 aliphatic rings. The van der Waals surface area contributed by atoms with Crippen molar-refractivity contribution in [2.75, 3.05) is 6.54 Å². The van der Waals surface area contributed by atoms with Crippen molar-refractivity contribution in [3.63, 3.8) is 0 Å². The summed E-state index contributed by atoms with van der Waals surface area (Å²) < 4.78 is 6.24. The number of ether oxygens (including phenoxy) is 1. The quantitative estimate of drug-likeness (QED) is 0.667. The van der Waals surface area contributed by atoms with E-state index in [2.05, 4.69) is 54.4 Å². The maximum absolute atomic E-state index is 11.8. The lowest BCUT2D eigenvalue weighted by Crippen LogP contribution is -2.43. The van der Waals surface area contributed by atoms with Crippen LogP contribution in [-0.4, -0.2) is 34.5 Å². The Morgan fingerprint density at radius 1 is 1.11 bits per heavy atom. The third-order valence-corrected chi connectivity index (χ3v) is 6.10. The molecule has 1 aromatic heterocycles. The lowest BCUT2D eigenvalue weighted by Gasteiger charge is -2.35. The van der Waals surface area contributed by atoms with Crippen LogP contribution in [0.1, 0.15) is 31.2 Å². The van der Waals surface area contributed by atoms with Gasteiger partial charge in [-0.2, -0.15) is 0 Å². The highest BCUT2D eigenvalue weighted by molar-refractivity contribution is 5.86. The number of amides is 1. The Balaban J connectivity index is 1.32. The van der Waals surface area contributed by atoms with Crippen molar-refractivity contribution in [3.05, 3.63) is 60.3 Å². The van der Waals surface area contributed by atoms with Crippen LogP contribution < -0.4 is 4.74 Å². The van der Waals surface area contributed by atoms with Crippen LogP contribution >= 0.6 is 0 Å². The molecular weight excluding hydrogens is 348 g/mol. The number of carbonyl (C=O) groups is 1. The minimum Gasteiger partial charge on any atom is -0.490 e. The fourth-order valence-corrected chi connectivity index (χ4v) is 4.61. The average molecular weight is 372 g/mol. The first-order valence-corrected chi connectivity index (χ1v) is 10.1. The van der Waals surface area contributed by atoms with Gasteiger partial charge in [0.05, 0.1) is 5.52 Å². The second-order valence-electron chi connectivity index (χ2n) is 7.93. The summed E-state index contributed by atoms with van der Waals surface area (Å²) in [6.07, 6.45) is 5.58. The van der Waals surface area contributed by atoms with Gasteiger partial charge in [-0.25, -0.2) is 0 Å². The molecule has 28 heavy (non-hydrogen) atoms. The molecule has 142 valence electrons. The molecule has 2 aromatic carbocycles. The van der Waals surface area contributed by atoms with Crippen molar-refractivity contribution in [3.8, 4) is 16.9 Å². The molecule has 4 nitrogen and oxygen atoms in total. The van der Waals surface area contributed by atoms with Crippen molar-refractivity contribution in [2.24, 2.45) is 0 Å². The molecule has 2 saturated heterocycles. The van der Waals surface area contributed by atoms with Crippen molar-refractivity contribution in [2.45, 2.75) is 44.8 Å². The molecule has 3 heterocycles. The van der Waals surface area contributed by atoms with E-state index in [1.807, 2.05) is 17.2 Å². The molecule has 0 bridgehead atoms. The topological polar surface area (TPSA) is 42.4 Å². The molecule has 5 rings (SSSR count). The summed E-state index contributed by atoms with van der Waals surface area (Å²) in [7, 11) is 0. The number of carbonyl (C=O) groups excluding carboxylic acids is 1. The second-order valence-corrected chi connectivity index (χ2v) is 7.93. The standard InChI is InChI=1S/C24H24N2O2/c1-16-13-18-3-2-11-25-23(18)15-22(16)17-4-7-20(8-5-17)28-21-10-12-26-19(14-21)6-9-24(26)27/h2-5,7-8,11,13,15,19,21H,6,9-10,12,14H2,1H3/t19-,21+/m0/s1. The molecule has 2 aliphatic heterocycles. The van der Waals surface area contributed by atoms with Gasteiger partial charge in [0.1, 0.15) is 11.9 Å². The van der Waals surface area contributed by atoms with Crippen LogP contribution in [0.4, 0.5) is 0 Å². The molecule has 4 heteroatoms. The highest BCUT2D eigenvalue weighted by atomic mass is 16.5. The number of benzene rings is 2. The number of hydrogen-bond acceptors (Lipinski definition) is 3. The Morgan fingerprint density at radius 3 is 2.82 bits per heavy atom. The number of piperidine rings is 1. The molecular formula is C24H24N2O2.